The molecule has 13 heavy (non-hydrogen) atoms. The zero-order valence-corrected chi connectivity index (χ0v) is 9.15. The average molecular weight is 200 g/mol. The Morgan fingerprint density at radius 1 is 1.54 bits per heavy atom. The lowest BCUT2D eigenvalue weighted by Crippen LogP contribution is -2.27. The highest BCUT2D eigenvalue weighted by Gasteiger charge is 2.08. The number of aryl methyl sites for hydroxylation is 2. The van der Waals surface area contributed by atoms with E-state index in [0.717, 1.165) is 17.1 Å². The molecule has 74 valence electrons. The second-order valence-corrected chi connectivity index (χ2v) is 4.46. The van der Waals surface area contributed by atoms with E-state index in [1.807, 2.05) is 6.92 Å². The minimum Gasteiger partial charge on any atom is -0.383 e. The molecule has 1 unspecified atom stereocenters. The maximum Gasteiger partial charge on any atom is 0.0947 e. The van der Waals surface area contributed by atoms with Crippen LogP contribution < -0.4 is 5.73 Å². The van der Waals surface area contributed by atoms with Gasteiger partial charge < -0.3 is 10.5 Å². The van der Waals surface area contributed by atoms with Gasteiger partial charge >= 0.3 is 0 Å². The van der Waals surface area contributed by atoms with Gasteiger partial charge in [-0.1, -0.05) is 0 Å². The summed E-state index contributed by atoms with van der Waals surface area (Å²) in [7, 11) is 1.66. The second-order valence-electron chi connectivity index (χ2n) is 3.17. The van der Waals surface area contributed by atoms with Gasteiger partial charge in [-0.25, -0.2) is 4.98 Å². The fourth-order valence-electron chi connectivity index (χ4n) is 1.12. The summed E-state index contributed by atoms with van der Waals surface area (Å²) < 4.78 is 4.96. The van der Waals surface area contributed by atoms with E-state index in [4.69, 9.17) is 10.5 Å². The molecule has 2 N–H and O–H groups in total. The molecule has 0 saturated carbocycles. The molecule has 1 aromatic heterocycles. The minimum absolute atomic E-state index is 0.0648. The van der Waals surface area contributed by atoms with Crippen molar-refractivity contribution < 1.29 is 4.74 Å². The van der Waals surface area contributed by atoms with Crippen LogP contribution in [0.25, 0.3) is 0 Å². The zero-order chi connectivity index (χ0) is 9.84. The number of aromatic nitrogens is 1. The van der Waals surface area contributed by atoms with Crippen LogP contribution in [-0.4, -0.2) is 24.7 Å². The highest BCUT2D eigenvalue weighted by Crippen LogP contribution is 2.17. The van der Waals surface area contributed by atoms with Crippen molar-refractivity contribution in [2.75, 3.05) is 13.7 Å². The molecule has 0 spiro atoms. The van der Waals surface area contributed by atoms with Crippen molar-refractivity contribution >= 4 is 11.3 Å². The Morgan fingerprint density at radius 3 is 2.69 bits per heavy atom. The lowest BCUT2D eigenvalue weighted by Gasteiger charge is -2.06. The summed E-state index contributed by atoms with van der Waals surface area (Å²) in [4.78, 5) is 5.69. The number of ether oxygens (including phenoxy) is 1. The Morgan fingerprint density at radius 2 is 2.23 bits per heavy atom. The van der Waals surface area contributed by atoms with Crippen molar-refractivity contribution in [2.45, 2.75) is 26.3 Å². The Hall–Kier alpha value is -0.450. The fourth-order valence-corrected chi connectivity index (χ4v) is 2.15. The van der Waals surface area contributed by atoms with Gasteiger partial charge in [0.15, 0.2) is 0 Å². The first-order chi connectivity index (χ1) is 6.13. The van der Waals surface area contributed by atoms with Gasteiger partial charge in [0.1, 0.15) is 0 Å². The molecule has 0 aromatic carbocycles. The Kier molecular flexibility index (Phi) is 3.84. The van der Waals surface area contributed by atoms with Gasteiger partial charge in [-0.2, -0.15) is 0 Å². The molecule has 1 atom stereocenters. The molecular formula is C9H16N2OS. The molecule has 0 bridgehead atoms. The molecule has 1 rings (SSSR count). The van der Waals surface area contributed by atoms with Gasteiger partial charge in [-0.15, -0.1) is 11.3 Å². The van der Waals surface area contributed by atoms with E-state index in [0.29, 0.717) is 6.61 Å². The predicted octanol–water partition coefficient (Wildman–Crippen LogP) is 1.28. The van der Waals surface area contributed by atoms with Gasteiger partial charge in [0.05, 0.1) is 17.3 Å². The topological polar surface area (TPSA) is 48.1 Å². The summed E-state index contributed by atoms with van der Waals surface area (Å²) >= 11 is 1.72. The first kappa shape index (κ1) is 10.6. The number of hydrogen-bond donors (Lipinski definition) is 1. The van der Waals surface area contributed by atoms with Gasteiger partial charge in [-0.05, 0) is 13.8 Å². The summed E-state index contributed by atoms with van der Waals surface area (Å²) in [5.74, 6) is 0. The standard InChI is InChI=1S/C9H16N2OS/c1-6-7(2)13-9(11-6)4-8(10)5-12-3/h8H,4-5,10H2,1-3H3. The SMILES string of the molecule is COCC(N)Cc1nc(C)c(C)s1. The molecule has 0 aliphatic rings. The number of nitrogens with zero attached hydrogens (tertiary/aromatic N) is 1. The Labute approximate surface area is 82.9 Å². The molecule has 3 nitrogen and oxygen atoms in total. The highest BCUT2D eigenvalue weighted by atomic mass is 32.1. The van der Waals surface area contributed by atoms with Crippen molar-refractivity contribution in [3.63, 3.8) is 0 Å². The van der Waals surface area contributed by atoms with E-state index in [1.54, 1.807) is 18.4 Å². The van der Waals surface area contributed by atoms with Crippen LogP contribution in [0.5, 0.6) is 0 Å². The second kappa shape index (κ2) is 4.69. The summed E-state index contributed by atoms with van der Waals surface area (Å²) in [5.41, 5.74) is 6.93. The molecule has 1 heterocycles. The third-order valence-corrected chi connectivity index (χ3v) is 2.99. The van der Waals surface area contributed by atoms with Crippen LogP contribution >= 0.6 is 11.3 Å². The van der Waals surface area contributed by atoms with Crippen molar-refractivity contribution in [1.29, 1.82) is 0 Å². The maximum atomic E-state index is 5.82. The Balaban J connectivity index is 2.53. The third-order valence-electron chi connectivity index (χ3n) is 1.89. The lowest BCUT2D eigenvalue weighted by atomic mass is 10.2. The first-order valence-electron chi connectivity index (χ1n) is 4.31. The molecule has 4 heteroatoms. The summed E-state index contributed by atoms with van der Waals surface area (Å²) in [6.45, 7) is 4.70. The van der Waals surface area contributed by atoms with E-state index < -0.39 is 0 Å². The molecule has 0 aliphatic carbocycles. The van der Waals surface area contributed by atoms with E-state index in [1.165, 1.54) is 4.88 Å². The molecule has 0 aliphatic heterocycles. The van der Waals surface area contributed by atoms with Crippen LogP contribution in [0.2, 0.25) is 0 Å². The third kappa shape index (κ3) is 3.06. The number of hydrogen-bond acceptors (Lipinski definition) is 4. The lowest BCUT2D eigenvalue weighted by molar-refractivity contribution is 0.180. The van der Waals surface area contributed by atoms with Crippen LogP contribution in [0.3, 0.4) is 0 Å². The molecular weight excluding hydrogens is 184 g/mol. The Bertz CT molecular complexity index is 253. The summed E-state index contributed by atoms with van der Waals surface area (Å²) in [6, 6.07) is 0.0648. The van der Waals surface area contributed by atoms with Crippen molar-refractivity contribution in [3.8, 4) is 0 Å². The quantitative estimate of drug-likeness (QED) is 0.796. The van der Waals surface area contributed by atoms with E-state index >= 15 is 0 Å². The number of rotatable bonds is 4. The number of methoxy groups -OCH3 is 1. The van der Waals surface area contributed by atoms with E-state index in [2.05, 4.69) is 11.9 Å². The fraction of sp³-hybridized carbons (Fsp3) is 0.667. The molecule has 0 amide bonds. The molecule has 0 fully saturated rings. The first-order valence-corrected chi connectivity index (χ1v) is 5.12. The van der Waals surface area contributed by atoms with Gasteiger partial charge in [0.2, 0.25) is 0 Å². The highest BCUT2D eigenvalue weighted by molar-refractivity contribution is 7.11. The van der Waals surface area contributed by atoms with Crippen LogP contribution in [-0.2, 0) is 11.2 Å². The minimum atomic E-state index is 0.0648. The largest absolute Gasteiger partial charge is 0.383 e. The zero-order valence-electron chi connectivity index (χ0n) is 8.33. The number of nitrogens with two attached hydrogens (primary N) is 1. The normalized spacial score (nSPS) is 13.2. The molecule has 0 saturated heterocycles. The number of thiazole rings is 1. The molecule has 1 aromatic rings. The van der Waals surface area contributed by atoms with Gasteiger partial charge in [0, 0.05) is 24.4 Å². The van der Waals surface area contributed by atoms with Crippen molar-refractivity contribution in [1.82, 2.24) is 4.98 Å². The summed E-state index contributed by atoms with van der Waals surface area (Å²) in [5, 5.41) is 1.11. The van der Waals surface area contributed by atoms with Crippen molar-refractivity contribution in [3.05, 3.63) is 15.6 Å². The monoisotopic (exact) mass is 200 g/mol. The van der Waals surface area contributed by atoms with E-state index in [-0.39, 0.29) is 6.04 Å². The van der Waals surface area contributed by atoms with Gasteiger partial charge in [-0.3, -0.25) is 0 Å². The maximum absolute atomic E-state index is 5.82. The van der Waals surface area contributed by atoms with Crippen LogP contribution in [0.15, 0.2) is 0 Å². The average Bonchev–Trinajstić information content (AvgIpc) is 2.31. The molecule has 0 radical (unpaired) electrons. The smallest absolute Gasteiger partial charge is 0.0947 e. The van der Waals surface area contributed by atoms with E-state index in [9.17, 15) is 0 Å². The predicted molar refractivity (Wildman–Crippen MR) is 55.1 cm³/mol. The van der Waals surface area contributed by atoms with Crippen molar-refractivity contribution in [2.24, 2.45) is 5.73 Å². The van der Waals surface area contributed by atoms with Crippen LogP contribution in [0.4, 0.5) is 0 Å². The van der Waals surface area contributed by atoms with Gasteiger partial charge in [0.25, 0.3) is 0 Å². The summed E-state index contributed by atoms with van der Waals surface area (Å²) in [6.07, 6.45) is 0.813. The van der Waals surface area contributed by atoms with Crippen LogP contribution in [0.1, 0.15) is 15.6 Å². The van der Waals surface area contributed by atoms with Crippen LogP contribution in [0, 0.1) is 13.8 Å².